The van der Waals surface area contributed by atoms with Gasteiger partial charge in [0.1, 0.15) is 12.2 Å². The van der Waals surface area contributed by atoms with Crippen LogP contribution in [0.15, 0.2) is 5.38 Å². The van der Waals surface area contributed by atoms with Gasteiger partial charge in [-0.05, 0) is 0 Å². The highest BCUT2D eigenvalue weighted by molar-refractivity contribution is 7.13. The van der Waals surface area contributed by atoms with E-state index in [0.29, 0.717) is 0 Å². The molecule has 3 nitrogen and oxygen atoms in total. The average molecular weight is 238 g/mol. The van der Waals surface area contributed by atoms with Gasteiger partial charge in [-0.1, -0.05) is 0 Å². The normalized spacial score (nSPS) is 11.5. The number of aromatic nitrogens is 1. The Bertz CT molecular complexity index is 361. The van der Waals surface area contributed by atoms with Gasteiger partial charge in [0.15, 0.2) is 10.9 Å². The summed E-state index contributed by atoms with van der Waals surface area (Å²) in [6, 6.07) is 0. The fraction of sp³-hybridized carbons (Fsp3) is 0.500. The molecule has 1 aromatic rings. The highest BCUT2D eigenvalue weighted by Gasteiger charge is 2.30. The Labute approximate surface area is 88.5 Å². The number of carbonyl (C=O) groups is 1. The molecule has 0 radical (unpaired) electrons. The van der Waals surface area contributed by atoms with Crippen LogP contribution in [0.4, 0.5) is 18.3 Å². The smallest absolute Gasteiger partial charge is 0.342 e. The molecule has 0 aliphatic heterocycles. The van der Waals surface area contributed by atoms with E-state index in [1.807, 2.05) is 0 Å². The van der Waals surface area contributed by atoms with Gasteiger partial charge in [0.25, 0.3) is 0 Å². The molecule has 0 atom stereocenters. The summed E-state index contributed by atoms with van der Waals surface area (Å²) in [5, 5.41) is 1.64. The molecule has 0 fully saturated rings. The van der Waals surface area contributed by atoms with Crippen LogP contribution < -0.4 is 4.90 Å². The third-order valence-corrected chi connectivity index (χ3v) is 2.55. The van der Waals surface area contributed by atoms with Gasteiger partial charge in [0.2, 0.25) is 0 Å². The summed E-state index contributed by atoms with van der Waals surface area (Å²) in [6.45, 7) is 0.250. The molecular formula is C8H9F3N2OS. The molecule has 0 aliphatic rings. The van der Waals surface area contributed by atoms with Crippen LogP contribution in [-0.2, 0) is 0 Å². The fourth-order valence-electron chi connectivity index (χ4n) is 0.938. The van der Waals surface area contributed by atoms with E-state index in [1.54, 1.807) is 0 Å². The van der Waals surface area contributed by atoms with Crippen molar-refractivity contribution >= 4 is 22.3 Å². The van der Waals surface area contributed by atoms with Crippen molar-refractivity contribution in [2.24, 2.45) is 0 Å². The minimum atomic E-state index is -4.27. The zero-order valence-electron chi connectivity index (χ0n) is 8.13. The predicted molar refractivity (Wildman–Crippen MR) is 51.4 cm³/mol. The highest BCUT2D eigenvalue weighted by Crippen LogP contribution is 2.23. The summed E-state index contributed by atoms with van der Waals surface area (Å²) in [5.74, 6) is -0.252. The molecule has 0 amide bonds. The standard InChI is InChI=1S/C8H9F3N2OS/c1-5(14)6-3-15-7(12-6)13(2)4-8(9,10)11/h3H,4H2,1-2H3. The van der Waals surface area contributed by atoms with E-state index in [0.717, 1.165) is 16.2 Å². The first-order valence-corrected chi connectivity index (χ1v) is 4.92. The zero-order chi connectivity index (χ0) is 11.6. The highest BCUT2D eigenvalue weighted by atomic mass is 32.1. The lowest BCUT2D eigenvalue weighted by Crippen LogP contribution is -2.30. The SMILES string of the molecule is CC(=O)c1csc(N(C)CC(F)(F)F)n1. The van der Waals surface area contributed by atoms with Crippen molar-refractivity contribution in [2.45, 2.75) is 13.1 Å². The van der Waals surface area contributed by atoms with Crippen molar-refractivity contribution in [3.63, 3.8) is 0 Å². The second-order valence-corrected chi connectivity index (χ2v) is 3.88. The van der Waals surface area contributed by atoms with Crippen LogP contribution in [0.2, 0.25) is 0 Å². The number of alkyl halides is 3. The Kier molecular flexibility index (Phi) is 3.33. The molecule has 0 saturated heterocycles. The number of carbonyl (C=O) groups excluding carboxylic acids is 1. The molecule has 0 bridgehead atoms. The molecule has 7 heteroatoms. The maximum absolute atomic E-state index is 12.0. The number of hydrogen-bond acceptors (Lipinski definition) is 4. The Hall–Kier alpha value is -1.11. The number of Topliss-reactive ketones (excluding diaryl/α,β-unsaturated/α-hetero) is 1. The number of anilines is 1. The zero-order valence-corrected chi connectivity index (χ0v) is 8.95. The maximum Gasteiger partial charge on any atom is 0.405 e. The van der Waals surface area contributed by atoms with Crippen LogP contribution in [0.5, 0.6) is 0 Å². The van der Waals surface area contributed by atoms with Crippen molar-refractivity contribution < 1.29 is 18.0 Å². The Morgan fingerprint density at radius 2 is 2.20 bits per heavy atom. The molecule has 0 aromatic carbocycles. The summed E-state index contributed by atoms with van der Waals surface area (Å²) in [6.07, 6.45) is -4.27. The van der Waals surface area contributed by atoms with Crippen LogP contribution in [0.1, 0.15) is 17.4 Å². The lowest BCUT2D eigenvalue weighted by Gasteiger charge is -2.17. The minimum absolute atomic E-state index is 0.192. The molecule has 1 heterocycles. The molecule has 0 aliphatic carbocycles. The molecule has 84 valence electrons. The molecule has 15 heavy (non-hydrogen) atoms. The van der Waals surface area contributed by atoms with Crippen molar-refractivity contribution in [1.82, 2.24) is 4.98 Å². The van der Waals surface area contributed by atoms with Gasteiger partial charge in [-0.25, -0.2) is 4.98 Å². The van der Waals surface area contributed by atoms with Crippen LogP contribution in [-0.4, -0.2) is 30.5 Å². The number of nitrogens with zero attached hydrogens (tertiary/aromatic N) is 2. The van der Waals surface area contributed by atoms with Crippen LogP contribution in [0, 0.1) is 0 Å². The molecule has 1 aromatic heterocycles. The van der Waals surface area contributed by atoms with Gasteiger partial charge in [-0.15, -0.1) is 11.3 Å². The van der Waals surface area contributed by atoms with E-state index >= 15 is 0 Å². The van der Waals surface area contributed by atoms with Gasteiger partial charge in [0.05, 0.1) is 0 Å². The van der Waals surface area contributed by atoms with E-state index < -0.39 is 12.7 Å². The lowest BCUT2D eigenvalue weighted by atomic mass is 10.4. The van der Waals surface area contributed by atoms with E-state index in [2.05, 4.69) is 4.98 Å². The van der Waals surface area contributed by atoms with E-state index in [1.165, 1.54) is 19.4 Å². The number of rotatable bonds is 3. The summed E-state index contributed by atoms with van der Waals surface area (Å²) in [7, 11) is 1.29. The van der Waals surface area contributed by atoms with E-state index in [-0.39, 0.29) is 16.6 Å². The number of ketones is 1. The summed E-state index contributed by atoms with van der Waals surface area (Å²) in [5.41, 5.74) is 0.198. The molecule has 0 N–H and O–H groups in total. The van der Waals surface area contributed by atoms with Crippen molar-refractivity contribution in [3.05, 3.63) is 11.1 Å². The first-order valence-electron chi connectivity index (χ1n) is 4.04. The Balaban J connectivity index is 2.74. The maximum atomic E-state index is 12.0. The van der Waals surface area contributed by atoms with Crippen LogP contribution in [0.3, 0.4) is 0 Å². The predicted octanol–water partition coefficient (Wildman–Crippen LogP) is 2.34. The van der Waals surface area contributed by atoms with Crippen molar-refractivity contribution in [3.8, 4) is 0 Å². The van der Waals surface area contributed by atoms with Gasteiger partial charge < -0.3 is 4.90 Å². The van der Waals surface area contributed by atoms with E-state index in [9.17, 15) is 18.0 Å². The number of thiazole rings is 1. The first-order chi connectivity index (χ1) is 6.79. The van der Waals surface area contributed by atoms with Gasteiger partial charge in [-0.2, -0.15) is 13.2 Å². The molecule has 0 saturated carbocycles. The second kappa shape index (κ2) is 4.18. The third-order valence-electron chi connectivity index (χ3n) is 1.60. The molecule has 1 rings (SSSR count). The monoisotopic (exact) mass is 238 g/mol. The lowest BCUT2D eigenvalue weighted by molar-refractivity contribution is -0.119. The topological polar surface area (TPSA) is 33.2 Å². The second-order valence-electron chi connectivity index (χ2n) is 3.04. The number of hydrogen-bond donors (Lipinski definition) is 0. The van der Waals surface area contributed by atoms with Gasteiger partial charge in [0, 0.05) is 19.4 Å². The first kappa shape index (κ1) is 12.0. The number of halogens is 3. The Morgan fingerprint density at radius 1 is 1.60 bits per heavy atom. The fourth-order valence-corrected chi connectivity index (χ4v) is 1.77. The van der Waals surface area contributed by atoms with E-state index in [4.69, 9.17) is 0 Å². The van der Waals surface area contributed by atoms with Gasteiger partial charge in [-0.3, -0.25) is 4.79 Å². The molecule has 0 spiro atoms. The van der Waals surface area contributed by atoms with Crippen molar-refractivity contribution in [1.29, 1.82) is 0 Å². The quantitative estimate of drug-likeness (QED) is 0.758. The molecular weight excluding hydrogens is 229 g/mol. The average Bonchev–Trinajstić information content (AvgIpc) is 2.47. The summed E-state index contributed by atoms with van der Waals surface area (Å²) >= 11 is 1.02. The minimum Gasteiger partial charge on any atom is -0.342 e. The van der Waals surface area contributed by atoms with Gasteiger partial charge >= 0.3 is 6.18 Å². The Morgan fingerprint density at radius 3 is 2.60 bits per heavy atom. The van der Waals surface area contributed by atoms with Crippen molar-refractivity contribution in [2.75, 3.05) is 18.5 Å². The largest absolute Gasteiger partial charge is 0.405 e. The van der Waals surface area contributed by atoms with Crippen LogP contribution in [0.25, 0.3) is 0 Å². The third kappa shape index (κ3) is 3.50. The summed E-state index contributed by atoms with van der Waals surface area (Å²) < 4.78 is 36.1. The summed E-state index contributed by atoms with van der Waals surface area (Å²) in [4.78, 5) is 15.6. The molecule has 0 unspecified atom stereocenters. The van der Waals surface area contributed by atoms with Crippen LogP contribution >= 0.6 is 11.3 Å².